The molecule has 1 aliphatic heterocycles. The van der Waals surface area contributed by atoms with Gasteiger partial charge in [0.15, 0.2) is 0 Å². The predicted octanol–water partition coefficient (Wildman–Crippen LogP) is 2.03. The molecule has 2 heterocycles. The van der Waals surface area contributed by atoms with Gasteiger partial charge in [-0.2, -0.15) is 4.31 Å². The highest BCUT2D eigenvalue weighted by molar-refractivity contribution is 7.89. The van der Waals surface area contributed by atoms with Crippen molar-refractivity contribution in [3.8, 4) is 5.75 Å². The molecule has 2 aromatic rings. The maximum Gasteiger partial charge on any atom is 0.323 e. The molecule has 0 spiro atoms. The van der Waals surface area contributed by atoms with E-state index in [1.165, 1.54) is 4.31 Å². The van der Waals surface area contributed by atoms with Crippen LogP contribution in [0.2, 0.25) is 0 Å². The Balaban J connectivity index is 1.57. The Labute approximate surface area is 211 Å². The van der Waals surface area contributed by atoms with Gasteiger partial charge in [0.25, 0.3) is 0 Å². The van der Waals surface area contributed by atoms with Gasteiger partial charge in [-0.1, -0.05) is 12.2 Å². The highest BCUT2D eigenvalue weighted by Crippen LogP contribution is 2.37. The van der Waals surface area contributed by atoms with Crippen molar-refractivity contribution < 1.29 is 31.5 Å². The van der Waals surface area contributed by atoms with Crippen LogP contribution in [0.25, 0.3) is 6.08 Å². The molecule has 196 valence electrons. The van der Waals surface area contributed by atoms with Gasteiger partial charge in [-0.05, 0) is 55.7 Å². The topological polar surface area (TPSA) is 135 Å². The van der Waals surface area contributed by atoms with E-state index in [2.05, 4.69) is 4.72 Å². The number of sulfonamides is 2. The van der Waals surface area contributed by atoms with Crippen LogP contribution >= 0.6 is 0 Å². The van der Waals surface area contributed by atoms with Crippen LogP contribution in [-0.2, 0) is 37.8 Å². The molecule has 2 N–H and O–H groups in total. The molecule has 0 bridgehead atoms. The van der Waals surface area contributed by atoms with Crippen LogP contribution < -0.4 is 9.46 Å². The third-order valence-electron chi connectivity index (χ3n) is 6.27. The molecule has 1 aromatic carbocycles. The summed E-state index contributed by atoms with van der Waals surface area (Å²) in [6.45, 7) is 4.15. The summed E-state index contributed by atoms with van der Waals surface area (Å²) in [5.41, 5.74) is 2.43. The Bertz CT molecular complexity index is 1380. The van der Waals surface area contributed by atoms with Gasteiger partial charge in [0, 0.05) is 43.4 Å². The number of benzene rings is 1. The average molecular weight is 538 g/mol. The SMILES string of the molecule is CC(C)Oc1ccc(S(=O)(=O)N2CCC(c3cn(CC(=O)O)c4c3C=CC(NS(C)(=O)=O)C4)C2)cc1. The Morgan fingerprint density at radius 2 is 1.89 bits per heavy atom. The average Bonchev–Trinajstić information content (AvgIpc) is 3.38. The third-order valence-corrected chi connectivity index (χ3v) is 8.88. The summed E-state index contributed by atoms with van der Waals surface area (Å²) in [5, 5.41) is 9.39. The fourth-order valence-corrected chi connectivity index (χ4v) is 7.04. The van der Waals surface area contributed by atoms with E-state index in [1.54, 1.807) is 47.2 Å². The lowest BCUT2D eigenvalue weighted by atomic mass is 9.92. The van der Waals surface area contributed by atoms with E-state index in [0.29, 0.717) is 25.1 Å². The van der Waals surface area contributed by atoms with Crippen molar-refractivity contribution in [1.82, 2.24) is 13.6 Å². The second-order valence-corrected chi connectivity index (χ2v) is 13.2. The van der Waals surface area contributed by atoms with Crippen molar-refractivity contribution in [2.45, 2.75) is 56.2 Å². The summed E-state index contributed by atoms with van der Waals surface area (Å²) in [7, 11) is -7.14. The second kappa shape index (κ2) is 10.0. The highest BCUT2D eigenvalue weighted by Gasteiger charge is 2.36. The fraction of sp³-hybridized carbons (Fsp3) is 0.458. The number of hydrogen-bond donors (Lipinski definition) is 2. The van der Waals surface area contributed by atoms with Gasteiger partial charge in [-0.25, -0.2) is 21.6 Å². The van der Waals surface area contributed by atoms with Crippen LogP contribution in [0.4, 0.5) is 0 Å². The van der Waals surface area contributed by atoms with Crippen LogP contribution in [0.3, 0.4) is 0 Å². The number of fused-ring (bicyclic) bond motifs is 1. The van der Waals surface area contributed by atoms with E-state index in [9.17, 15) is 26.7 Å². The first-order chi connectivity index (χ1) is 16.8. The van der Waals surface area contributed by atoms with Crippen molar-refractivity contribution in [2.24, 2.45) is 0 Å². The smallest absolute Gasteiger partial charge is 0.323 e. The van der Waals surface area contributed by atoms with E-state index in [4.69, 9.17) is 4.74 Å². The highest BCUT2D eigenvalue weighted by atomic mass is 32.2. The Kier molecular flexibility index (Phi) is 7.33. The molecular weight excluding hydrogens is 506 g/mol. The lowest BCUT2D eigenvalue weighted by molar-refractivity contribution is -0.137. The number of carboxylic acid groups (broad SMARTS) is 1. The van der Waals surface area contributed by atoms with Crippen LogP contribution in [-0.4, -0.2) is 68.3 Å². The molecule has 1 aliphatic carbocycles. The number of nitrogens with zero attached hydrogens (tertiary/aromatic N) is 2. The molecule has 36 heavy (non-hydrogen) atoms. The van der Waals surface area contributed by atoms with Crippen molar-refractivity contribution in [1.29, 1.82) is 0 Å². The van der Waals surface area contributed by atoms with Gasteiger partial charge in [-0.3, -0.25) is 4.79 Å². The molecule has 0 amide bonds. The minimum Gasteiger partial charge on any atom is -0.491 e. The Morgan fingerprint density at radius 1 is 1.19 bits per heavy atom. The normalized spacial score (nSPS) is 20.6. The standard InChI is InChI=1S/C24H31N3O7S2/c1-16(2)34-19-5-7-20(8-6-19)36(32,33)27-11-10-17(13-27)22-14-26(15-24(28)29)23-12-18(4-9-21(22)23)25-35(3,30)31/h4-9,14,16-18,25H,10-13,15H2,1-3H3,(H,28,29). The molecule has 0 saturated carbocycles. The minimum absolute atomic E-state index is 0.0161. The summed E-state index contributed by atoms with van der Waals surface area (Å²) in [6.07, 6.45) is 7.29. The largest absolute Gasteiger partial charge is 0.491 e. The number of ether oxygens (including phenoxy) is 1. The molecule has 1 saturated heterocycles. The Hall–Kier alpha value is -2.67. The third kappa shape index (κ3) is 5.83. The van der Waals surface area contributed by atoms with Crippen molar-refractivity contribution in [2.75, 3.05) is 19.3 Å². The maximum atomic E-state index is 13.3. The van der Waals surface area contributed by atoms with E-state index in [-0.39, 0.29) is 30.0 Å². The first-order valence-electron chi connectivity index (χ1n) is 11.7. The fourth-order valence-electron chi connectivity index (χ4n) is 4.82. The molecule has 0 radical (unpaired) electrons. The van der Waals surface area contributed by atoms with E-state index >= 15 is 0 Å². The molecule has 4 rings (SSSR count). The van der Waals surface area contributed by atoms with Gasteiger partial charge < -0.3 is 14.4 Å². The second-order valence-electron chi connectivity index (χ2n) is 9.51. The van der Waals surface area contributed by atoms with Crippen molar-refractivity contribution >= 4 is 32.1 Å². The summed E-state index contributed by atoms with van der Waals surface area (Å²) in [5.74, 6) is -0.525. The van der Waals surface area contributed by atoms with Crippen LogP contribution in [0.15, 0.2) is 41.4 Å². The molecule has 12 heteroatoms. The molecule has 2 aliphatic rings. The quantitative estimate of drug-likeness (QED) is 0.500. The van der Waals surface area contributed by atoms with E-state index < -0.39 is 32.1 Å². The number of aromatic nitrogens is 1. The van der Waals surface area contributed by atoms with E-state index in [0.717, 1.165) is 23.1 Å². The lowest BCUT2D eigenvalue weighted by Gasteiger charge is -2.21. The number of nitrogens with one attached hydrogen (secondary N) is 1. The summed E-state index contributed by atoms with van der Waals surface area (Å²) >= 11 is 0. The van der Waals surface area contributed by atoms with Crippen LogP contribution in [0.1, 0.15) is 43.0 Å². The minimum atomic E-state index is -3.71. The van der Waals surface area contributed by atoms with Crippen LogP contribution in [0.5, 0.6) is 5.75 Å². The first-order valence-corrected chi connectivity index (χ1v) is 15.0. The summed E-state index contributed by atoms with van der Waals surface area (Å²) in [4.78, 5) is 11.7. The van der Waals surface area contributed by atoms with Crippen molar-refractivity contribution in [3.63, 3.8) is 0 Å². The number of carbonyl (C=O) groups is 1. The zero-order valence-corrected chi connectivity index (χ0v) is 22.0. The molecule has 2 unspecified atom stereocenters. The van der Waals surface area contributed by atoms with Crippen molar-refractivity contribution in [3.05, 3.63) is 53.4 Å². The maximum absolute atomic E-state index is 13.3. The summed E-state index contributed by atoms with van der Waals surface area (Å²) in [6, 6.07) is 5.90. The monoisotopic (exact) mass is 537 g/mol. The van der Waals surface area contributed by atoms with Gasteiger partial charge in [0.2, 0.25) is 20.0 Å². The van der Waals surface area contributed by atoms with Gasteiger partial charge in [-0.15, -0.1) is 0 Å². The molecule has 2 atom stereocenters. The lowest BCUT2D eigenvalue weighted by Crippen LogP contribution is -2.36. The van der Waals surface area contributed by atoms with Gasteiger partial charge in [0.1, 0.15) is 12.3 Å². The molecule has 1 fully saturated rings. The number of rotatable bonds is 9. The van der Waals surface area contributed by atoms with Crippen LogP contribution in [0, 0.1) is 0 Å². The molecular formula is C24H31N3O7S2. The first kappa shape index (κ1) is 26.4. The number of hydrogen-bond acceptors (Lipinski definition) is 6. The zero-order valence-electron chi connectivity index (χ0n) is 20.4. The summed E-state index contributed by atoms with van der Waals surface area (Å²) < 4.78 is 61.2. The van der Waals surface area contributed by atoms with Gasteiger partial charge in [0.05, 0.1) is 17.3 Å². The van der Waals surface area contributed by atoms with E-state index in [1.807, 2.05) is 13.8 Å². The van der Waals surface area contributed by atoms with Gasteiger partial charge >= 0.3 is 5.97 Å². The number of carboxylic acids is 1. The molecule has 1 aromatic heterocycles. The Morgan fingerprint density at radius 3 is 2.50 bits per heavy atom. The predicted molar refractivity (Wildman–Crippen MR) is 135 cm³/mol. The zero-order chi connectivity index (χ0) is 26.3. The number of aliphatic carboxylic acids is 1. The molecule has 10 nitrogen and oxygen atoms in total.